The fourth-order valence-corrected chi connectivity index (χ4v) is 4.17. The van der Waals surface area contributed by atoms with Gasteiger partial charge in [0.2, 0.25) is 0 Å². The number of hydrogen-bond acceptors (Lipinski definition) is 3. The van der Waals surface area contributed by atoms with E-state index in [4.69, 9.17) is 17.3 Å². The molecule has 2 aromatic rings. The van der Waals surface area contributed by atoms with E-state index in [1.807, 2.05) is 11.3 Å². The number of rotatable bonds is 3. The Morgan fingerprint density at radius 2 is 2.25 bits per heavy atom. The molecule has 2 N–H and O–H groups in total. The molecule has 2 heterocycles. The zero-order valence-electron chi connectivity index (χ0n) is 11.6. The zero-order valence-corrected chi connectivity index (χ0v) is 13.2. The molecular weight excluding hydrogens is 288 g/mol. The smallest absolute Gasteiger partial charge is 0.0525 e. The molecule has 1 atom stereocenters. The molecule has 0 aliphatic carbocycles. The standard InChI is InChI=1S/C16H19ClN2S/c1-11-14-6-9-20-16(14)5-8-19(11)13-3-2-12(4-7-18)15(17)10-13/h2-3,6,9-11H,4-5,7-8,18H2,1H3. The summed E-state index contributed by atoms with van der Waals surface area (Å²) in [4.78, 5) is 3.97. The Hall–Kier alpha value is -1.03. The highest BCUT2D eigenvalue weighted by Gasteiger charge is 2.25. The van der Waals surface area contributed by atoms with E-state index < -0.39 is 0 Å². The van der Waals surface area contributed by atoms with Gasteiger partial charge in [-0.15, -0.1) is 11.3 Å². The van der Waals surface area contributed by atoms with Gasteiger partial charge in [0, 0.05) is 22.1 Å². The van der Waals surface area contributed by atoms with E-state index in [9.17, 15) is 0 Å². The van der Waals surface area contributed by atoms with Gasteiger partial charge in [-0.2, -0.15) is 0 Å². The largest absolute Gasteiger partial charge is 0.364 e. The number of nitrogens with zero attached hydrogens (tertiary/aromatic N) is 1. The number of anilines is 1. The Morgan fingerprint density at radius 1 is 1.40 bits per heavy atom. The lowest BCUT2D eigenvalue weighted by Gasteiger charge is -2.35. The lowest BCUT2D eigenvalue weighted by molar-refractivity contribution is 0.633. The van der Waals surface area contributed by atoms with Gasteiger partial charge in [0.25, 0.3) is 0 Å². The normalized spacial score (nSPS) is 18.1. The van der Waals surface area contributed by atoms with Crippen molar-refractivity contribution >= 4 is 28.6 Å². The van der Waals surface area contributed by atoms with Crippen LogP contribution in [0.15, 0.2) is 29.6 Å². The number of halogens is 1. The van der Waals surface area contributed by atoms with E-state index in [0.717, 1.165) is 30.0 Å². The average Bonchev–Trinajstić information content (AvgIpc) is 2.91. The number of thiophene rings is 1. The molecule has 1 aliphatic rings. The lowest BCUT2D eigenvalue weighted by atomic mass is 10.00. The predicted octanol–water partition coefficient (Wildman–Crippen LogP) is 4.03. The van der Waals surface area contributed by atoms with Crippen LogP contribution in [0, 0.1) is 0 Å². The first-order chi connectivity index (χ1) is 9.70. The van der Waals surface area contributed by atoms with Crippen LogP contribution in [-0.4, -0.2) is 13.1 Å². The summed E-state index contributed by atoms with van der Waals surface area (Å²) < 4.78 is 0. The molecule has 2 nitrogen and oxygen atoms in total. The molecule has 0 fully saturated rings. The fraction of sp³-hybridized carbons (Fsp3) is 0.375. The predicted molar refractivity (Wildman–Crippen MR) is 88.0 cm³/mol. The molecule has 0 saturated heterocycles. The van der Waals surface area contributed by atoms with Crippen molar-refractivity contribution in [3.63, 3.8) is 0 Å². The third kappa shape index (κ3) is 2.46. The van der Waals surface area contributed by atoms with Crippen LogP contribution >= 0.6 is 22.9 Å². The highest BCUT2D eigenvalue weighted by Crippen LogP contribution is 2.37. The molecular formula is C16H19ClN2S. The van der Waals surface area contributed by atoms with E-state index in [1.165, 1.54) is 16.1 Å². The summed E-state index contributed by atoms with van der Waals surface area (Å²) >= 11 is 8.25. The third-order valence-electron chi connectivity index (χ3n) is 4.06. The minimum absolute atomic E-state index is 0.418. The fourth-order valence-electron chi connectivity index (χ4n) is 2.94. The molecule has 0 bridgehead atoms. The van der Waals surface area contributed by atoms with Gasteiger partial charge in [-0.3, -0.25) is 0 Å². The molecule has 1 unspecified atom stereocenters. The van der Waals surface area contributed by atoms with E-state index in [0.29, 0.717) is 12.6 Å². The van der Waals surface area contributed by atoms with Crippen molar-refractivity contribution in [3.8, 4) is 0 Å². The molecule has 1 aromatic carbocycles. The van der Waals surface area contributed by atoms with E-state index in [-0.39, 0.29) is 0 Å². The molecule has 4 heteroatoms. The Labute approximate surface area is 129 Å². The quantitative estimate of drug-likeness (QED) is 0.928. The summed E-state index contributed by atoms with van der Waals surface area (Å²) in [6.45, 7) is 3.96. The first-order valence-corrected chi connectivity index (χ1v) is 8.28. The first-order valence-electron chi connectivity index (χ1n) is 7.02. The highest BCUT2D eigenvalue weighted by atomic mass is 35.5. The van der Waals surface area contributed by atoms with Crippen molar-refractivity contribution < 1.29 is 0 Å². The van der Waals surface area contributed by atoms with Crippen LogP contribution in [0.1, 0.15) is 29.0 Å². The third-order valence-corrected chi connectivity index (χ3v) is 5.41. The Morgan fingerprint density at radius 3 is 3.00 bits per heavy atom. The second-order valence-electron chi connectivity index (χ2n) is 5.23. The lowest BCUT2D eigenvalue weighted by Crippen LogP contribution is -2.33. The molecule has 3 rings (SSSR count). The maximum atomic E-state index is 6.37. The van der Waals surface area contributed by atoms with Crippen LogP contribution in [-0.2, 0) is 12.8 Å². The van der Waals surface area contributed by atoms with Crippen molar-refractivity contribution in [3.05, 3.63) is 50.7 Å². The van der Waals surface area contributed by atoms with Crippen molar-refractivity contribution in [1.29, 1.82) is 0 Å². The summed E-state index contributed by atoms with van der Waals surface area (Å²) in [5.41, 5.74) is 9.41. The average molecular weight is 307 g/mol. The SMILES string of the molecule is CC1c2ccsc2CCN1c1ccc(CCN)c(Cl)c1. The van der Waals surface area contributed by atoms with Crippen molar-refractivity contribution in [2.75, 3.05) is 18.0 Å². The summed E-state index contributed by atoms with van der Waals surface area (Å²) in [5.74, 6) is 0. The van der Waals surface area contributed by atoms with E-state index >= 15 is 0 Å². The number of hydrogen-bond donors (Lipinski definition) is 1. The Balaban J connectivity index is 1.89. The first kappa shape index (κ1) is 13.9. The maximum absolute atomic E-state index is 6.37. The molecule has 0 radical (unpaired) electrons. The maximum Gasteiger partial charge on any atom is 0.0525 e. The summed E-state index contributed by atoms with van der Waals surface area (Å²) in [6, 6.07) is 9.04. The van der Waals surface area contributed by atoms with Crippen LogP contribution in [0.4, 0.5) is 5.69 Å². The highest BCUT2D eigenvalue weighted by molar-refractivity contribution is 7.10. The van der Waals surface area contributed by atoms with Crippen molar-refractivity contribution in [2.24, 2.45) is 5.73 Å². The topological polar surface area (TPSA) is 29.3 Å². The van der Waals surface area contributed by atoms with Crippen LogP contribution in [0.3, 0.4) is 0 Å². The van der Waals surface area contributed by atoms with Gasteiger partial charge in [-0.1, -0.05) is 17.7 Å². The molecule has 0 amide bonds. The molecule has 106 valence electrons. The number of nitrogens with two attached hydrogens (primary N) is 1. The minimum Gasteiger partial charge on any atom is -0.364 e. The minimum atomic E-state index is 0.418. The van der Waals surface area contributed by atoms with Crippen LogP contribution in [0.25, 0.3) is 0 Å². The van der Waals surface area contributed by atoms with Gasteiger partial charge in [0.1, 0.15) is 0 Å². The number of fused-ring (bicyclic) bond motifs is 1. The Bertz CT molecular complexity index is 608. The van der Waals surface area contributed by atoms with E-state index in [2.05, 4.69) is 41.5 Å². The summed E-state index contributed by atoms with van der Waals surface area (Å²) in [5, 5.41) is 3.03. The Kier molecular flexibility index (Phi) is 4.01. The van der Waals surface area contributed by atoms with Gasteiger partial charge < -0.3 is 10.6 Å². The van der Waals surface area contributed by atoms with Gasteiger partial charge >= 0.3 is 0 Å². The van der Waals surface area contributed by atoms with E-state index in [1.54, 1.807) is 0 Å². The summed E-state index contributed by atoms with van der Waals surface area (Å²) in [7, 11) is 0. The molecule has 1 aromatic heterocycles. The van der Waals surface area contributed by atoms with Crippen LogP contribution in [0.2, 0.25) is 5.02 Å². The molecule has 0 spiro atoms. The molecule has 1 aliphatic heterocycles. The van der Waals surface area contributed by atoms with Crippen molar-refractivity contribution in [1.82, 2.24) is 0 Å². The monoisotopic (exact) mass is 306 g/mol. The van der Waals surface area contributed by atoms with Gasteiger partial charge in [0.05, 0.1) is 6.04 Å². The molecule has 20 heavy (non-hydrogen) atoms. The zero-order chi connectivity index (χ0) is 14.1. The van der Waals surface area contributed by atoms with Crippen LogP contribution < -0.4 is 10.6 Å². The second-order valence-corrected chi connectivity index (χ2v) is 6.64. The molecule has 0 saturated carbocycles. The van der Waals surface area contributed by atoms with Gasteiger partial charge in [0.15, 0.2) is 0 Å². The second kappa shape index (κ2) is 5.76. The number of benzene rings is 1. The van der Waals surface area contributed by atoms with Crippen LogP contribution in [0.5, 0.6) is 0 Å². The van der Waals surface area contributed by atoms with Gasteiger partial charge in [-0.05, 0) is 61.0 Å². The van der Waals surface area contributed by atoms with Gasteiger partial charge in [-0.25, -0.2) is 0 Å². The summed E-state index contributed by atoms with van der Waals surface area (Å²) in [6.07, 6.45) is 1.96. The van der Waals surface area contributed by atoms with Crippen molar-refractivity contribution in [2.45, 2.75) is 25.8 Å².